The van der Waals surface area contributed by atoms with Crippen LogP contribution >= 0.6 is 11.8 Å². The van der Waals surface area contributed by atoms with Crippen LogP contribution in [0, 0.1) is 0 Å². The summed E-state index contributed by atoms with van der Waals surface area (Å²) in [6, 6.07) is 6.81. The van der Waals surface area contributed by atoms with Crippen LogP contribution in [-0.2, 0) is 11.3 Å². The third kappa shape index (κ3) is 4.08. The van der Waals surface area contributed by atoms with E-state index < -0.39 is 0 Å². The normalized spacial score (nSPS) is 10.3. The van der Waals surface area contributed by atoms with Crippen molar-refractivity contribution in [3.63, 3.8) is 0 Å². The van der Waals surface area contributed by atoms with E-state index in [2.05, 4.69) is 20.8 Å². The van der Waals surface area contributed by atoms with Gasteiger partial charge in [-0.2, -0.15) is 0 Å². The Balaban J connectivity index is 2.04. The largest absolute Gasteiger partial charge is 0.414 e. The number of benzene rings is 1. The fraction of sp³-hybridized carbons (Fsp3) is 0.286. The Morgan fingerprint density at radius 1 is 1.27 bits per heavy atom. The van der Waals surface area contributed by atoms with Crippen molar-refractivity contribution in [3.05, 3.63) is 35.7 Å². The van der Waals surface area contributed by atoms with Gasteiger partial charge in [0, 0.05) is 6.42 Å². The van der Waals surface area contributed by atoms with Crippen molar-refractivity contribution in [2.24, 2.45) is 0 Å². The number of aromatic nitrogens is 2. The highest BCUT2D eigenvalue weighted by Gasteiger charge is 2.13. The minimum Gasteiger partial charge on any atom is -0.414 e. The molecule has 0 saturated carbocycles. The minimum absolute atomic E-state index is 0.127. The number of amides is 2. The van der Waals surface area contributed by atoms with Crippen molar-refractivity contribution in [1.82, 2.24) is 15.5 Å². The van der Waals surface area contributed by atoms with E-state index in [-0.39, 0.29) is 18.4 Å². The van der Waals surface area contributed by atoms with E-state index in [1.807, 2.05) is 6.26 Å². The molecule has 7 nitrogen and oxygen atoms in total. The predicted octanol–water partition coefficient (Wildman–Crippen LogP) is 2.07. The molecule has 2 N–H and O–H groups in total. The fourth-order valence-corrected chi connectivity index (χ4v) is 1.97. The molecule has 0 saturated heterocycles. The van der Waals surface area contributed by atoms with Crippen molar-refractivity contribution >= 4 is 29.3 Å². The highest BCUT2D eigenvalue weighted by molar-refractivity contribution is 7.98. The Kier molecular flexibility index (Phi) is 5.54. The van der Waals surface area contributed by atoms with Crippen molar-refractivity contribution in [3.8, 4) is 0 Å². The summed E-state index contributed by atoms with van der Waals surface area (Å²) in [5, 5.41) is 13.4. The summed E-state index contributed by atoms with van der Waals surface area (Å²) in [7, 11) is 0. The zero-order valence-corrected chi connectivity index (χ0v) is 13.1. The number of nitrogens with zero attached hydrogens (tertiary/aromatic N) is 2. The van der Waals surface area contributed by atoms with Gasteiger partial charge in [-0.05, 0) is 18.4 Å². The fourth-order valence-electron chi connectivity index (χ4n) is 1.67. The monoisotopic (exact) mass is 320 g/mol. The highest BCUT2D eigenvalue weighted by atomic mass is 32.2. The van der Waals surface area contributed by atoms with E-state index in [4.69, 9.17) is 4.42 Å². The summed E-state index contributed by atoms with van der Waals surface area (Å²) in [6.07, 6.45) is 2.16. The van der Waals surface area contributed by atoms with Gasteiger partial charge in [0.25, 0.3) is 11.1 Å². The van der Waals surface area contributed by atoms with Crippen LogP contribution < -0.4 is 10.6 Å². The summed E-state index contributed by atoms with van der Waals surface area (Å²) in [5.41, 5.74) is 0.857. The first-order valence-corrected chi connectivity index (χ1v) is 7.90. The molecule has 0 unspecified atom stereocenters. The summed E-state index contributed by atoms with van der Waals surface area (Å²) in [4.78, 5) is 23.7. The quantitative estimate of drug-likeness (QED) is 0.791. The van der Waals surface area contributed by atoms with Gasteiger partial charge in [-0.3, -0.25) is 9.59 Å². The van der Waals surface area contributed by atoms with Gasteiger partial charge >= 0.3 is 0 Å². The average Bonchev–Trinajstić information content (AvgIpc) is 3.01. The van der Waals surface area contributed by atoms with Crippen molar-refractivity contribution < 1.29 is 14.0 Å². The van der Waals surface area contributed by atoms with Crippen LogP contribution in [0.5, 0.6) is 0 Å². The zero-order chi connectivity index (χ0) is 15.9. The van der Waals surface area contributed by atoms with Gasteiger partial charge in [0.2, 0.25) is 11.8 Å². The van der Waals surface area contributed by atoms with Crippen LogP contribution in [0.25, 0.3) is 0 Å². The lowest BCUT2D eigenvalue weighted by molar-refractivity contribution is -0.115. The van der Waals surface area contributed by atoms with Crippen molar-refractivity contribution in [1.29, 1.82) is 0 Å². The van der Waals surface area contributed by atoms with E-state index in [0.717, 1.165) is 0 Å². The summed E-state index contributed by atoms with van der Waals surface area (Å²) in [5.74, 6) is -0.148. The summed E-state index contributed by atoms with van der Waals surface area (Å²) >= 11 is 1.33. The molecule has 1 aromatic carbocycles. The first-order chi connectivity index (χ1) is 10.6. The van der Waals surface area contributed by atoms with Gasteiger partial charge < -0.3 is 15.1 Å². The molecule has 8 heteroatoms. The van der Waals surface area contributed by atoms with Gasteiger partial charge in [-0.25, -0.2) is 0 Å². The lowest BCUT2D eigenvalue weighted by atomic mass is 10.1. The van der Waals surface area contributed by atoms with Crippen molar-refractivity contribution in [2.75, 3.05) is 11.6 Å². The maximum absolute atomic E-state index is 12.2. The maximum atomic E-state index is 12.2. The summed E-state index contributed by atoms with van der Waals surface area (Å²) < 4.78 is 5.29. The van der Waals surface area contributed by atoms with Crippen LogP contribution in [0.15, 0.2) is 33.9 Å². The number of hydrogen-bond donors (Lipinski definition) is 2. The predicted molar refractivity (Wildman–Crippen MR) is 82.6 cm³/mol. The smallest absolute Gasteiger partial charge is 0.276 e. The molecule has 2 aromatic rings. The summed E-state index contributed by atoms with van der Waals surface area (Å²) in [6.45, 7) is 1.87. The second-order valence-electron chi connectivity index (χ2n) is 4.30. The van der Waals surface area contributed by atoms with Crippen LogP contribution in [-0.4, -0.2) is 28.3 Å². The molecule has 0 spiro atoms. The van der Waals surface area contributed by atoms with Gasteiger partial charge in [0.1, 0.15) is 0 Å². The SMILES string of the molecule is CCC(=O)Nc1ccccc1C(=O)NCc1nnc(SC)o1. The second-order valence-corrected chi connectivity index (χ2v) is 5.05. The Labute approximate surface area is 131 Å². The Morgan fingerprint density at radius 3 is 2.73 bits per heavy atom. The van der Waals surface area contributed by atoms with E-state index in [1.165, 1.54) is 11.8 Å². The molecule has 0 aliphatic rings. The Hall–Kier alpha value is -2.35. The topological polar surface area (TPSA) is 97.1 Å². The van der Waals surface area contributed by atoms with Crippen LogP contribution in [0.1, 0.15) is 29.6 Å². The lowest BCUT2D eigenvalue weighted by Crippen LogP contribution is -2.24. The first kappa shape index (κ1) is 16.0. The number of carbonyl (C=O) groups is 2. The molecular weight excluding hydrogens is 304 g/mol. The molecule has 116 valence electrons. The van der Waals surface area contributed by atoms with Gasteiger partial charge in [-0.1, -0.05) is 30.8 Å². The third-order valence-corrected chi connectivity index (χ3v) is 3.30. The van der Waals surface area contributed by atoms with E-state index >= 15 is 0 Å². The van der Waals surface area contributed by atoms with Gasteiger partial charge in [0.15, 0.2) is 0 Å². The molecule has 0 bridgehead atoms. The maximum Gasteiger partial charge on any atom is 0.276 e. The lowest BCUT2D eigenvalue weighted by Gasteiger charge is -2.10. The van der Waals surface area contributed by atoms with Crippen LogP contribution in [0.2, 0.25) is 0 Å². The van der Waals surface area contributed by atoms with Crippen molar-refractivity contribution in [2.45, 2.75) is 25.1 Å². The van der Waals surface area contributed by atoms with E-state index in [0.29, 0.717) is 28.8 Å². The molecule has 0 aliphatic heterocycles. The molecule has 22 heavy (non-hydrogen) atoms. The number of anilines is 1. The highest BCUT2D eigenvalue weighted by Crippen LogP contribution is 2.16. The minimum atomic E-state index is -0.323. The number of carbonyl (C=O) groups excluding carboxylic acids is 2. The standard InChI is InChI=1S/C14H16N4O3S/c1-3-11(19)16-10-7-5-4-6-9(10)13(20)15-8-12-17-18-14(21-12)22-2/h4-7H,3,8H2,1-2H3,(H,15,20)(H,16,19). The second kappa shape index (κ2) is 7.60. The molecular formula is C14H16N4O3S. The molecule has 2 rings (SSSR count). The van der Waals surface area contributed by atoms with E-state index in [9.17, 15) is 9.59 Å². The number of nitrogens with one attached hydrogen (secondary N) is 2. The molecule has 0 fully saturated rings. The molecule has 2 amide bonds. The first-order valence-electron chi connectivity index (χ1n) is 6.67. The molecule has 0 aliphatic carbocycles. The molecule has 0 radical (unpaired) electrons. The molecule has 0 atom stereocenters. The number of thioether (sulfide) groups is 1. The van der Waals surface area contributed by atoms with E-state index in [1.54, 1.807) is 31.2 Å². The zero-order valence-electron chi connectivity index (χ0n) is 12.3. The van der Waals surface area contributed by atoms with Crippen LogP contribution in [0.3, 0.4) is 0 Å². The average molecular weight is 320 g/mol. The number of hydrogen-bond acceptors (Lipinski definition) is 6. The Bertz CT molecular complexity index is 672. The number of rotatable bonds is 6. The van der Waals surface area contributed by atoms with Gasteiger partial charge in [0.05, 0.1) is 17.8 Å². The Morgan fingerprint density at radius 2 is 2.05 bits per heavy atom. The third-order valence-electron chi connectivity index (χ3n) is 2.79. The van der Waals surface area contributed by atoms with Gasteiger partial charge in [-0.15, -0.1) is 10.2 Å². The van der Waals surface area contributed by atoms with Crippen LogP contribution in [0.4, 0.5) is 5.69 Å². The molecule has 1 aromatic heterocycles. The number of para-hydroxylation sites is 1. The molecule has 1 heterocycles.